The molecule has 1 aromatic rings. The third-order valence-electron chi connectivity index (χ3n) is 5.82. The average Bonchev–Trinajstić information content (AvgIpc) is 3.23. The number of ether oxygens (including phenoxy) is 2. The van der Waals surface area contributed by atoms with Crippen molar-refractivity contribution in [2.45, 2.75) is 31.7 Å². The molecule has 4 rings (SSSR count). The van der Waals surface area contributed by atoms with Crippen LogP contribution in [-0.4, -0.2) is 59.9 Å². The molecular weight excluding hydrogens is 341 g/mol. The number of carbonyl (C=O) groups excluding carboxylic acids is 2. The number of nitrogens with zero attached hydrogens (tertiary/aromatic N) is 1. The molecule has 0 spiro atoms. The van der Waals surface area contributed by atoms with Crippen LogP contribution >= 0.6 is 0 Å². The monoisotopic (exact) mass is 363 g/mol. The highest BCUT2D eigenvalue weighted by Gasteiger charge is 2.58. The van der Waals surface area contributed by atoms with Crippen molar-refractivity contribution in [1.82, 2.24) is 4.90 Å². The molecule has 26 heavy (non-hydrogen) atoms. The first-order chi connectivity index (χ1) is 12.5. The Balaban J connectivity index is 1.54. The SMILES string of the molecule is CCOC(=O)[C@H]1C[C@@H]2O[C@H]1[C@H]1CN(C(=O)c3cccc(F)c3)C[C@H]1[C@@H]2O. The van der Waals surface area contributed by atoms with Crippen LogP contribution in [0, 0.1) is 23.6 Å². The molecule has 7 heteroatoms. The fraction of sp³-hybridized carbons (Fsp3) is 0.579. The van der Waals surface area contributed by atoms with Crippen LogP contribution in [0.3, 0.4) is 0 Å². The lowest BCUT2D eigenvalue weighted by atomic mass is 9.83. The van der Waals surface area contributed by atoms with Crippen molar-refractivity contribution in [2.24, 2.45) is 17.8 Å². The highest BCUT2D eigenvalue weighted by Crippen LogP contribution is 2.47. The number of amides is 1. The van der Waals surface area contributed by atoms with Crippen molar-refractivity contribution in [2.75, 3.05) is 19.7 Å². The van der Waals surface area contributed by atoms with Gasteiger partial charge >= 0.3 is 5.97 Å². The second-order valence-corrected chi connectivity index (χ2v) is 7.27. The number of aliphatic hydroxyl groups excluding tert-OH is 1. The Morgan fingerprint density at radius 3 is 2.85 bits per heavy atom. The zero-order valence-corrected chi connectivity index (χ0v) is 14.5. The van der Waals surface area contributed by atoms with E-state index in [1.54, 1.807) is 17.9 Å². The minimum atomic E-state index is -0.721. The molecule has 0 aromatic heterocycles. The van der Waals surface area contributed by atoms with Gasteiger partial charge in [0.1, 0.15) is 5.82 Å². The summed E-state index contributed by atoms with van der Waals surface area (Å²) in [6, 6.07) is 5.59. The summed E-state index contributed by atoms with van der Waals surface area (Å²) in [5.41, 5.74) is 0.283. The van der Waals surface area contributed by atoms with Crippen LogP contribution in [0.4, 0.5) is 4.39 Å². The Labute approximate surface area is 150 Å². The van der Waals surface area contributed by atoms with Gasteiger partial charge in [-0.2, -0.15) is 0 Å². The van der Waals surface area contributed by atoms with E-state index in [9.17, 15) is 19.1 Å². The van der Waals surface area contributed by atoms with E-state index in [0.717, 1.165) is 0 Å². The number of hydrogen-bond donors (Lipinski definition) is 1. The number of hydrogen-bond acceptors (Lipinski definition) is 5. The van der Waals surface area contributed by atoms with Crippen LogP contribution in [0.1, 0.15) is 23.7 Å². The normalized spacial score (nSPS) is 35.3. The summed E-state index contributed by atoms with van der Waals surface area (Å²) in [7, 11) is 0. The van der Waals surface area contributed by atoms with Crippen molar-refractivity contribution in [3.63, 3.8) is 0 Å². The molecule has 1 N–H and O–H groups in total. The van der Waals surface area contributed by atoms with Gasteiger partial charge in [-0.3, -0.25) is 9.59 Å². The van der Waals surface area contributed by atoms with Crippen LogP contribution in [0.15, 0.2) is 24.3 Å². The van der Waals surface area contributed by atoms with Crippen LogP contribution in [0.2, 0.25) is 0 Å². The number of benzene rings is 1. The number of likely N-dealkylation sites (tertiary alicyclic amines) is 1. The zero-order valence-electron chi connectivity index (χ0n) is 14.5. The van der Waals surface area contributed by atoms with Gasteiger partial charge in [0.15, 0.2) is 0 Å². The lowest BCUT2D eigenvalue weighted by molar-refractivity contribution is -0.157. The summed E-state index contributed by atoms with van der Waals surface area (Å²) >= 11 is 0. The van der Waals surface area contributed by atoms with E-state index in [1.807, 2.05) is 0 Å². The van der Waals surface area contributed by atoms with Crippen LogP contribution in [0.5, 0.6) is 0 Å². The molecule has 1 amide bonds. The van der Waals surface area contributed by atoms with E-state index in [-0.39, 0.29) is 35.4 Å². The Hall–Kier alpha value is -1.99. The van der Waals surface area contributed by atoms with Crippen molar-refractivity contribution in [3.8, 4) is 0 Å². The van der Waals surface area contributed by atoms with Crippen LogP contribution in [0.25, 0.3) is 0 Å². The van der Waals surface area contributed by atoms with E-state index >= 15 is 0 Å². The molecular formula is C19H22FNO5. The van der Waals surface area contributed by atoms with E-state index in [2.05, 4.69) is 0 Å². The van der Waals surface area contributed by atoms with E-state index < -0.39 is 23.9 Å². The lowest BCUT2D eigenvalue weighted by Crippen LogP contribution is -2.46. The van der Waals surface area contributed by atoms with Gasteiger partial charge in [-0.1, -0.05) is 6.07 Å². The second-order valence-electron chi connectivity index (χ2n) is 7.27. The molecule has 0 unspecified atom stereocenters. The molecule has 3 fully saturated rings. The second kappa shape index (κ2) is 6.63. The largest absolute Gasteiger partial charge is 0.466 e. The van der Waals surface area contributed by atoms with Crippen molar-refractivity contribution in [3.05, 3.63) is 35.6 Å². The topological polar surface area (TPSA) is 76.1 Å². The highest BCUT2D eigenvalue weighted by atomic mass is 19.1. The first-order valence-electron chi connectivity index (χ1n) is 9.04. The van der Waals surface area contributed by atoms with Gasteiger partial charge in [0.2, 0.25) is 0 Å². The van der Waals surface area contributed by atoms with Crippen molar-refractivity contribution in [1.29, 1.82) is 0 Å². The number of esters is 1. The summed E-state index contributed by atoms with van der Waals surface area (Å²) in [4.78, 5) is 26.6. The minimum Gasteiger partial charge on any atom is -0.466 e. The van der Waals surface area contributed by atoms with Crippen LogP contribution < -0.4 is 0 Å². The highest BCUT2D eigenvalue weighted by molar-refractivity contribution is 5.94. The molecule has 6 atom stereocenters. The minimum absolute atomic E-state index is 0.129. The summed E-state index contributed by atoms with van der Waals surface area (Å²) in [5, 5.41) is 10.6. The van der Waals surface area contributed by atoms with Gasteiger partial charge in [0.05, 0.1) is 30.8 Å². The van der Waals surface area contributed by atoms with Gasteiger partial charge in [-0.05, 0) is 31.5 Å². The van der Waals surface area contributed by atoms with E-state index in [1.165, 1.54) is 18.2 Å². The standard InChI is InChI=1S/C19H22FNO5/c1-2-25-19(24)12-7-15-16(22)13-8-21(9-14(13)17(12)26-15)18(23)10-4-3-5-11(20)6-10/h3-6,12-17,22H,2,7-9H2,1H3/t12-,13+,14-,15-,16-,17+/m0/s1. The number of rotatable bonds is 3. The molecule has 0 aliphatic carbocycles. The maximum absolute atomic E-state index is 13.4. The third-order valence-corrected chi connectivity index (χ3v) is 5.82. The zero-order chi connectivity index (χ0) is 18.4. The summed E-state index contributed by atoms with van der Waals surface area (Å²) in [5.74, 6) is -1.71. The molecule has 3 heterocycles. The Kier molecular flexibility index (Phi) is 4.44. The average molecular weight is 363 g/mol. The quantitative estimate of drug-likeness (QED) is 0.818. The molecule has 0 radical (unpaired) electrons. The molecule has 140 valence electrons. The fourth-order valence-corrected chi connectivity index (χ4v) is 4.64. The third kappa shape index (κ3) is 2.79. The first kappa shape index (κ1) is 17.4. The number of halogens is 1. The molecule has 6 nitrogen and oxygen atoms in total. The Morgan fingerprint density at radius 2 is 2.12 bits per heavy atom. The number of fused-ring (bicyclic) bond motifs is 4. The van der Waals surface area contributed by atoms with Crippen LogP contribution in [-0.2, 0) is 14.3 Å². The van der Waals surface area contributed by atoms with Gasteiger partial charge < -0.3 is 19.5 Å². The maximum atomic E-state index is 13.4. The summed E-state index contributed by atoms with van der Waals surface area (Å²) in [6.45, 7) is 2.82. The number of carbonyl (C=O) groups is 2. The molecule has 1 aromatic carbocycles. The lowest BCUT2D eigenvalue weighted by Gasteiger charge is -2.35. The molecule has 2 bridgehead atoms. The first-order valence-corrected chi connectivity index (χ1v) is 9.04. The molecule has 3 aliphatic heterocycles. The predicted octanol–water partition coefficient (Wildman–Crippen LogP) is 1.23. The van der Waals surface area contributed by atoms with E-state index in [4.69, 9.17) is 9.47 Å². The van der Waals surface area contributed by atoms with Crippen molar-refractivity contribution < 1.29 is 28.6 Å². The maximum Gasteiger partial charge on any atom is 0.311 e. The Morgan fingerprint density at radius 1 is 1.35 bits per heavy atom. The molecule has 0 saturated carbocycles. The van der Waals surface area contributed by atoms with Gasteiger partial charge in [0, 0.05) is 30.5 Å². The van der Waals surface area contributed by atoms with Gasteiger partial charge in [0.25, 0.3) is 5.91 Å². The predicted molar refractivity (Wildman–Crippen MR) is 88.7 cm³/mol. The Bertz CT molecular complexity index is 726. The van der Waals surface area contributed by atoms with Crippen molar-refractivity contribution >= 4 is 11.9 Å². The summed E-state index contributed by atoms with van der Waals surface area (Å²) < 4.78 is 24.5. The van der Waals surface area contributed by atoms with Gasteiger partial charge in [-0.15, -0.1) is 0 Å². The molecule has 3 aliphatic rings. The fourth-order valence-electron chi connectivity index (χ4n) is 4.64. The van der Waals surface area contributed by atoms with Gasteiger partial charge in [-0.25, -0.2) is 4.39 Å². The van der Waals surface area contributed by atoms with E-state index in [0.29, 0.717) is 26.1 Å². The summed E-state index contributed by atoms with van der Waals surface area (Å²) in [6.07, 6.45) is -1.02. The number of aliphatic hydroxyl groups is 1. The molecule has 3 saturated heterocycles. The smallest absolute Gasteiger partial charge is 0.311 e.